The average molecular weight is 221 g/mol. The second kappa shape index (κ2) is 4.01. The van der Waals surface area contributed by atoms with Crippen LogP contribution in [0.25, 0.3) is 0 Å². The Bertz CT molecular complexity index is 256. The Morgan fingerprint density at radius 1 is 1.25 bits per heavy atom. The molecule has 0 heterocycles. The topological polar surface area (TPSA) is 26.0 Å². The number of nitrogens with two attached hydrogens (primary N) is 1. The molecule has 92 valence electrons. The van der Waals surface area contributed by atoms with E-state index in [2.05, 4.69) is 6.92 Å². The van der Waals surface area contributed by atoms with Gasteiger partial charge in [0, 0.05) is 6.04 Å². The Morgan fingerprint density at radius 3 is 2.81 bits per heavy atom. The van der Waals surface area contributed by atoms with Gasteiger partial charge in [-0.1, -0.05) is 32.6 Å². The Morgan fingerprint density at radius 2 is 2.12 bits per heavy atom. The van der Waals surface area contributed by atoms with Crippen LogP contribution in [0.15, 0.2) is 0 Å². The first kappa shape index (κ1) is 11.1. The first-order valence-electron chi connectivity index (χ1n) is 7.52. The molecule has 3 rings (SSSR count). The zero-order valence-corrected chi connectivity index (χ0v) is 10.8. The van der Waals surface area contributed by atoms with Gasteiger partial charge in [0.05, 0.1) is 0 Å². The van der Waals surface area contributed by atoms with Gasteiger partial charge in [-0.2, -0.15) is 0 Å². The predicted octanol–water partition coefficient (Wildman–Crippen LogP) is 3.72. The zero-order valence-electron chi connectivity index (χ0n) is 10.8. The molecule has 1 nitrogen and oxygen atoms in total. The minimum Gasteiger partial charge on any atom is -0.327 e. The van der Waals surface area contributed by atoms with Crippen molar-refractivity contribution in [2.75, 3.05) is 0 Å². The maximum absolute atomic E-state index is 6.59. The van der Waals surface area contributed by atoms with Crippen LogP contribution in [-0.4, -0.2) is 6.04 Å². The molecule has 3 aliphatic rings. The highest BCUT2D eigenvalue weighted by Gasteiger charge is 2.57. The van der Waals surface area contributed by atoms with Gasteiger partial charge < -0.3 is 5.73 Å². The van der Waals surface area contributed by atoms with Crippen LogP contribution in [0.4, 0.5) is 0 Å². The summed E-state index contributed by atoms with van der Waals surface area (Å²) in [5.74, 6) is 2.90. The number of hydrogen-bond donors (Lipinski definition) is 1. The van der Waals surface area contributed by atoms with Gasteiger partial charge in [0.1, 0.15) is 0 Å². The van der Waals surface area contributed by atoms with Crippen LogP contribution in [0.5, 0.6) is 0 Å². The molecule has 2 N–H and O–H groups in total. The van der Waals surface area contributed by atoms with Crippen LogP contribution in [0, 0.1) is 23.2 Å². The molecule has 3 fully saturated rings. The highest BCUT2D eigenvalue weighted by atomic mass is 14.8. The van der Waals surface area contributed by atoms with Crippen molar-refractivity contribution in [2.24, 2.45) is 28.9 Å². The molecule has 0 aromatic heterocycles. The van der Waals surface area contributed by atoms with Gasteiger partial charge in [0.15, 0.2) is 0 Å². The average Bonchev–Trinajstić information content (AvgIpc) is 2.84. The molecular formula is C15H27N. The first-order valence-corrected chi connectivity index (χ1v) is 7.52. The van der Waals surface area contributed by atoms with E-state index in [1.165, 1.54) is 57.8 Å². The molecule has 0 amide bonds. The van der Waals surface area contributed by atoms with Crippen LogP contribution in [0.1, 0.15) is 64.7 Å². The molecule has 16 heavy (non-hydrogen) atoms. The molecule has 0 aromatic carbocycles. The van der Waals surface area contributed by atoms with E-state index in [9.17, 15) is 0 Å². The van der Waals surface area contributed by atoms with E-state index in [1.54, 1.807) is 0 Å². The van der Waals surface area contributed by atoms with Crippen molar-refractivity contribution < 1.29 is 0 Å². The van der Waals surface area contributed by atoms with Crippen LogP contribution in [0.3, 0.4) is 0 Å². The molecule has 3 aliphatic carbocycles. The van der Waals surface area contributed by atoms with E-state index in [1.807, 2.05) is 0 Å². The predicted molar refractivity (Wildman–Crippen MR) is 68.1 cm³/mol. The smallest absolute Gasteiger partial charge is 0.0127 e. The molecule has 0 saturated heterocycles. The van der Waals surface area contributed by atoms with Crippen molar-refractivity contribution in [3.8, 4) is 0 Å². The quantitative estimate of drug-likeness (QED) is 0.755. The summed E-state index contributed by atoms with van der Waals surface area (Å²) < 4.78 is 0. The van der Waals surface area contributed by atoms with Gasteiger partial charge in [-0.15, -0.1) is 0 Å². The lowest BCUT2D eigenvalue weighted by Gasteiger charge is -2.48. The maximum Gasteiger partial charge on any atom is 0.0127 e. The lowest BCUT2D eigenvalue weighted by molar-refractivity contribution is 0.0456. The summed E-state index contributed by atoms with van der Waals surface area (Å²) >= 11 is 0. The molecular weight excluding hydrogens is 194 g/mol. The summed E-state index contributed by atoms with van der Waals surface area (Å²) in [6, 6.07) is 0.561. The van der Waals surface area contributed by atoms with Gasteiger partial charge in [0.25, 0.3) is 0 Å². The molecule has 1 spiro atoms. The summed E-state index contributed by atoms with van der Waals surface area (Å²) in [6.45, 7) is 2.34. The van der Waals surface area contributed by atoms with E-state index in [0.717, 1.165) is 17.8 Å². The minimum atomic E-state index is 0.561. The number of rotatable bonds is 2. The normalized spacial score (nSPS) is 51.4. The van der Waals surface area contributed by atoms with E-state index in [-0.39, 0.29) is 0 Å². The molecule has 1 heteroatoms. The molecule has 0 aliphatic heterocycles. The van der Waals surface area contributed by atoms with E-state index in [0.29, 0.717) is 11.5 Å². The van der Waals surface area contributed by atoms with Gasteiger partial charge in [-0.05, 0) is 55.3 Å². The number of hydrogen-bond acceptors (Lipinski definition) is 1. The molecule has 0 aromatic rings. The largest absolute Gasteiger partial charge is 0.327 e. The highest BCUT2D eigenvalue weighted by Crippen LogP contribution is 2.62. The summed E-state index contributed by atoms with van der Waals surface area (Å²) in [5, 5.41) is 0. The van der Waals surface area contributed by atoms with Crippen molar-refractivity contribution in [3.05, 3.63) is 0 Å². The molecule has 2 bridgehead atoms. The summed E-state index contributed by atoms with van der Waals surface area (Å²) in [5.41, 5.74) is 7.19. The van der Waals surface area contributed by atoms with Gasteiger partial charge in [-0.3, -0.25) is 0 Å². The van der Waals surface area contributed by atoms with Gasteiger partial charge in [-0.25, -0.2) is 0 Å². The summed E-state index contributed by atoms with van der Waals surface area (Å²) in [4.78, 5) is 0. The Balaban J connectivity index is 1.77. The Labute approximate surface area is 100 Å². The van der Waals surface area contributed by atoms with Crippen molar-refractivity contribution in [1.82, 2.24) is 0 Å². The third-order valence-corrected chi connectivity index (χ3v) is 6.08. The monoisotopic (exact) mass is 221 g/mol. The third kappa shape index (κ3) is 1.47. The van der Waals surface area contributed by atoms with Crippen molar-refractivity contribution >= 4 is 0 Å². The molecule has 3 saturated carbocycles. The van der Waals surface area contributed by atoms with Gasteiger partial charge in [0.2, 0.25) is 0 Å². The lowest BCUT2D eigenvalue weighted by atomic mass is 9.59. The van der Waals surface area contributed by atoms with Crippen molar-refractivity contribution in [2.45, 2.75) is 70.8 Å². The number of fused-ring (bicyclic) bond motifs is 3. The second-order valence-electron chi connectivity index (χ2n) is 6.78. The van der Waals surface area contributed by atoms with Crippen molar-refractivity contribution in [3.63, 3.8) is 0 Å². The van der Waals surface area contributed by atoms with E-state index < -0.39 is 0 Å². The van der Waals surface area contributed by atoms with Crippen LogP contribution in [0.2, 0.25) is 0 Å². The highest BCUT2D eigenvalue weighted by molar-refractivity contribution is 5.09. The fraction of sp³-hybridized carbons (Fsp3) is 1.00. The van der Waals surface area contributed by atoms with Crippen LogP contribution < -0.4 is 5.73 Å². The van der Waals surface area contributed by atoms with Gasteiger partial charge >= 0.3 is 0 Å². The Kier molecular flexibility index (Phi) is 2.78. The fourth-order valence-electron chi connectivity index (χ4n) is 5.40. The standard InChI is InChI=1S/C15H27N/c1-2-4-11-5-3-8-15(10-11)13-7-6-12(9-13)14(15)16/h11-14H,2-10,16H2,1H3/t11-,12-,13+,14-,15-/m1/s1. The maximum atomic E-state index is 6.59. The SMILES string of the molecule is CCC[C@@H]1CCC[C@@]2(C1)[C@H]1CC[C@H](C1)[C@H]2N. The molecule has 5 atom stereocenters. The lowest BCUT2D eigenvalue weighted by Crippen LogP contribution is -2.48. The van der Waals surface area contributed by atoms with E-state index >= 15 is 0 Å². The molecule has 0 unspecified atom stereocenters. The first-order chi connectivity index (χ1) is 7.76. The third-order valence-electron chi connectivity index (χ3n) is 6.08. The Hall–Kier alpha value is -0.0400. The van der Waals surface area contributed by atoms with Crippen molar-refractivity contribution in [1.29, 1.82) is 0 Å². The van der Waals surface area contributed by atoms with Crippen LogP contribution >= 0.6 is 0 Å². The minimum absolute atomic E-state index is 0.561. The fourth-order valence-corrected chi connectivity index (χ4v) is 5.40. The van der Waals surface area contributed by atoms with E-state index in [4.69, 9.17) is 5.73 Å². The summed E-state index contributed by atoms with van der Waals surface area (Å²) in [7, 11) is 0. The second-order valence-corrected chi connectivity index (χ2v) is 6.78. The zero-order chi connectivity index (χ0) is 11.2. The summed E-state index contributed by atoms with van der Waals surface area (Å²) in [6.07, 6.45) is 13.1. The molecule has 0 radical (unpaired) electrons. The van der Waals surface area contributed by atoms with Crippen LogP contribution in [-0.2, 0) is 0 Å².